The Bertz CT molecular complexity index is 426. The molecule has 98 valence electrons. The first-order valence-corrected chi connectivity index (χ1v) is 6.72. The molecule has 4 nitrogen and oxygen atoms in total. The van der Waals surface area contributed by atoms with Crippen LogP contribution in [0.25, 0.3) is 0 Å². The molecule has 3 rings (SSSR count). The van der Waals surface area contributed by atoms with E-state index in [4.69, 9.17) is 0 Å². The lowest BCUT2D eigenvalue weighted by Gasteiger charge is -2.35. The summed E-state index contributed by atoms with van der Waals surface area (Å²) < 4.78 is 0. The summed E-state index contributed by atoms with van der Waals surface area (Å²) in [5.41, 5.74) is 0.970. The fourth-order valence-corrected chi connectivity index (χ4v) is 2.90. The van der Waals surface area contributed by atoms with E-state index in [9.17, 15) is 10.2 Å². The van der Waals surface area contributed by atoms with Gasteiger partial charge in [0, 0.05) is 43.9 Å². The number of phenolic OH excluding ortho intramolecular Hbond substituents is 2. The molecule has 1 aliphatic heterocycles. The lowest BCUT2D eigenvalue weighted by Crippen LogP contribution is -2.45. The molecule has 2 fully saturated rings. The van der Waals surface area contributed by atoms with Crippen LogP contribution in [0.4, 0.5) is 0 Å². The second-order valence-electron chi connectivity index (χ2n) is 5.31. The van der Waals surface area contributed by atoms with E-state index >= 15 is 0 Å². The van der Waals surface area contributed by atoms with Crippen molar-refractivity contribution in [3.63, 3.8) is 0 Å². The third-order valence-corrected chi connectivity index (χ3v) is 3.95. The van der Waals surface area contributed by atoms with Crippen LogP contribution in [0.3, 0.4) is 0 Å². The van der Waals surface area contributed by atoms with Gasteiger partial charge in [-0.15, -0.1) is 0 Å². The van der Waals surface area contributed by atoms with Crippen LogP contribution in [-0.2, 0) is 0 Å². The molecule has 0 unspecified atom stereocenters. The average Bonchev–Trinajstić information content (AvgIpc) is 3.18. The Morgan fingerprint density at radius 3 is 2.50 bits per heavy atom. The summed E-state index contributed by atoms with van der Waals surface area (Å²) in [6, 6.07) is 5.31. The topological polar surface area (TPSA) is 55.7 Å². The largest absolute Gasteiger partial charge is 0.508 e. The van der Waals surface area contributed by atoms with Gasteiger partial charge in [-0.25, -0.2) is 0 Å². The van der Waals surface area contributed by atoms with Crippen LogP contribution in [-0.4, -0.2) is 41.3 Å². The monoisotopic (exact) mass is 248 g/mol. The third kappa shape index (κ3) is 2.31. The summed E-state index contributed by atoms with van der Waals surface area (Å²) in [5.74, 6) is 1.02. The number of benzene rings is 1. The fourth-order valence-electron chi connectivity index (χ4n) is 2.90. The molecular formula is C14H20N2O2. The van der Waals surface area contributed by atoms with E-state index < -0.39 is 0 Å². The molecule has 18 heavy (non-hydrogen) atoms. The van der Waals surface area contributed by atoms with E-state index in [1.165, 1.54) is 18.9 Å². The molecule has 1 aromatic carbocycles. The van der Waals surface area contributed by atoms with Crippen molar-refractivity contribution >= 4 is 0 Å². The predicted molar refractivity (Wildman–Crippen MR) is 69.7 cm³/mol. The van der Waals surface area contributed by atoms with Gasteiger partial charge in [0.1, 0.15) is 11.5 Å². The lowest BCUT2D eigenvalue weighted by molar-refractivity contribution is 0.153. The van der Waals surface area contributed by atoms with E-state index in [0.29, 0.717) is 12.0 Å². The number of hydrogen-bond acceptors (Lipinski definition) is 4. The van der Waals surface area contributed by atoms with Crippen molar-refractivity contribution in [3.05, 3.63) is 23.8 Å². The van der Waals surface area contributed by atoms with Gasteiger partial charge >= 0.3 is 0 Å². The first-order chi connectivity index (χ1) is 8.75. The lowest BCUT2D eigenvalue weighted by atomic mass is 9.98. The van der Waals surface area contributed by atoms with E-state index in [1.54, 1.807) is 6.07 Å². The van der Waals surface area contributed by atoms with Crippen molar-refractivity contribution in [2.45, 2.75) is 18.9 Å². The Kier molecular flexibility index (Phi) is 3.14. The molecule has 1 saturated carbocycles. The Morgan fingerprint density at radius 2 is 1.89 bits per heavy atom. The number of nitrogens with one attached hydrogen (secondary N) is 1. The summed E-state index contributed by atoms with van der Waals surface area (Å²) in [4.78, 5) is 2.46. The van der Waals surface area contributed by atoms with Crippen LogP contribution in [0.1, 0.15) is 24.4 Å². The van der Waals surface area contributed by atoms with Crippen molar-refractivity contribution < 1.29 is 10.2 Å². The molecule has 1 heterocycles. The number of hydrogen-bond donors (Lipinski definition) is 3. The Balaban J connectivity index is 1.88. The van der Waals surface area contributed by atoms with Gasteiger partial charge in [-0.1, -0.05) is 6.07 Å². The molecule has 1 aromatic rings. The minimum absolute atomic E-state index is 0.131. The van der Waals surface area contributed by atoms with Crippen molar-refractivity contribution in [1.29, 1.82) is 0 Å². The number of rotatable bonds is 3. The molecule has 1 saturated heterocycles. The molecular weight excluding hydrogens is 228 g/mol. The molecule has 0 amide bonds. The summed E-state index contributed by atoms with van der Waals surface area (Å²) in [6.45, 7) is 4.09. The highest BCUT2D eigenvalue weighted by Crippen LogP contribution is 2.47. The standard InChI is InChI=1S/C14H20N2O2/c17-11-3-4-12(13(18)9-11)14(10-1-2-10)16-7-5-15-6-8-16/h3-4,9-10,14-15,17-18H,1-2,5-8H2/t14-/m1/s1. The van der Waals surface area contributed by atoms with Gasteiger partial charge in [0.05, 0.1) is 0 Å². The van der Waals surface area contributed by atoms with Crippen LogP contribution in [0.5, 0.6) is 11.5 Å². The van der Waals surface area contributed by atoms with Gasteiger partial charge < -0.3 is 15.5 Å². The average molecular weight is 248 g/mol. The summed E-state index contributed by atoms with van der Waals surface area (Å²) in [7, 11) is 0. The van der Waals surface area contributed by atoms with E-state index in [0.717, 1.165) is 31.7 Å². The van der Waals surface area contributed by atoms with Crippen LogP contribution < -0.4 is 5.32 Å². The van der Waals surface area contributed by atoms with Gasteiger partial charge in [-0.3, -0.25) is 4.90 Å². The molecule has 0 radical (unpaired) electrons. The fraction of sp³-hybridized carbons (Fsp3) is 0.571. The van der Waals surface area contributed by atoms with Crippen LogP contribution in [0.2, 0.25) is 0 Å². The minimum atomic E-state index is 0.131. The minimum Gasteiger partial charge on any atom is -0.508 e. The second kappa shape index (κ2) is 4.78. The van der Waals surface area contributed by atoms with E-state index in [-0.39, 0.29) is 11.5 Å². The first-order valence-electron chi connectivity index (χ1n) is 6.72. The Morgan fingerprint density at radius 1 is 1.17 bits per heavy atom. The molecule has 2 aliphatic rings. The second-order valence-corrected chi connectivity index (χ2v) is 5.31. The van der Waals surface area contributed by atoms with Gasteiger partial charge in [-0.2, -0.15) is 0 Å². The van der Waals surface area contributed by atoms with E-state index in [1.807, 2.05) is 6.07 Å². The zero-order valence-corrected chi connectivity index (χ0v) is 10.5. The normalized spacial score (nSPS) is 22.9. The van der Waals surface area contributed by atoms with Crippen LogP contribution >= 0.6 is 0 Å². The Hall–Kier alpha value is -1.26. The van der Waals surface area contributed by atoms with Gasteiger partial charge in [0.25, 0.3) is 0 Å². The molecule has 0 spiro atoms. The van der Waals surface area contributed by atoms with Crippen LogP contribution in [0.15, 0.2) is 18.2 Å². The maximum Gasteiger partial charge on any atom is 0.124 e. The highest BCUT2D eigenvalue weighted by atomic mass is 16.3. The number of aromatic hydroxyl groups is 2. The summed E-state index contributed by atoms with van der Waals surface area (Å²) in [6.07, 6.45) is 2.49. The highest BCUT2D eigenvalue weighted by Gasteiger charge is 2.37. The highest BCUT2D eigenvalue weighted by molar-refractivity contribution is 5.41. The number of nitrogens with zero attached hydrogens (tertiary/aromatic N) is 1. The van der Waals surface area contributed by atoms with Crippen LogP contribution in [0, 0.1) is 5.92 Å². The summed E-state index contributed by atoms with van der Waals surface area (Å²) >= 11 is 0. The first kappa shape index (κ1) is 11.8. The molecule has 1 atom stereocenters. The molecule has 4 heteroatoms. The van der Waals surface area contributed by atoms with Gasteiger partial charge in [0.2, 0.25) is 0 Å². The predicted octanol–water partition coefficient (Wildman–Crippen LogP) is 1.45. The number of phenols is 2. The van der Waals surface area contributed by atoms with Gasteiger partial charge in [-0.05, 0) is 24.8 Å². The SMILES string of the molecule is Oc1ccc([C@@H](C2CC2)N2CCNCC2)c(O)c1. The zero-order valence-electron chi connectivity index (χ0n) is 10.5. The maximum absolute atomic E-state index is 10.1. The van der Waals surface area contributed by atoms with Crippen molar-refractivity contribution in [2.75, 3.05) is 26.2 Å². The van der Waals surface area contributed by atoms with Crippen molar-refractivity contribution in [1.82, 2.24) is 10.2 Å². The summed E-state index contributed by atoms with van der Waals surface area (Å²) in [5, 5.41) is 22.8. The third-order valence-electron chi connectivity index (χ3n) is 3.95. The zero-order chi connectivity index (χ0) is 12.5. The van der Waals surface area contributed by atoms with Crippen molar-refractivity contribution in [3.8, 4) is 11.5 Å². The van der Waals surface area contributed by atoms with Crippen molar-refractivity contribution in [2.24, 2.45) is 5.92 Å². The van der Waals surface area contributed by atoms with E-state index in [2.05, 4.69) is 10.2 Å². The number of piperazine rings is 1. The smallest absolute Gasteiger partial charge is 0.124 e. The van der Waals surface area contributed by atoms with Gasteiger partial charge in [0.15, 0.2) is 0 Å². The quantitative estimate of drug-likeness (QED) is 0.758. The maximum atomic E-state index is 10.1. The molecule has 3 N–H and O–H groups in total. The molecule has 0 aromatic heterocycles. The molecule has 1 aliphatic carbocycles. The Labute approximate surface area is 107 Å². The molecule has 0 bridgehead atoms.